The Hall–Kier alpha value is -3.56. The smallest absolute Gasteiger partial charge is 0.264 e. The molecule has 0 unspecified atom stereocenters. The number of carbonyl (C=O) groups is 2. The van der Waals surface area contributed by atoms with E-state index < -0.39 is 40.0 Å². The number of halogens is 3. The number of hydrogen-bond acceptors (Lipinski definition) is 4. The Morgan fingerprint density at radius 1 is 0.800 bits per heavy atom. The lowest BCUT2D eigenvalue weighted by Gasteiger charge is -2.35. The van der Waals surface area contributed by atoms with Gasteiger partial charge in [0.25, 0.3) is 10.0 Å². The summed E-state index contributed by atoms with van der Waals surface area (Å²) in [6.07, 6.45) is 0.169. The van der Waals surface area contributed by atoms with E-state index in [4.69, 9.17) is 34.8 Å². The molecule has 45 heavy (non-hydrogen) atoms. The Labute approximate surface area is 279 Å². The number of amides is 2. The van der Waals surface area contributed by atoms with Crippen LogP contribution in [0.4, 0.5) is 5.69 Å². The van der Waals surface area contributed by atoms with Crippen LogP contribution >= 0.6 is 34.8 Å². The zero-order valence-corrected chi connectivity index (χ0v) is 28.2. The van der Waals surface area contributed by atoms with Crippen molar-refractivity contribution in [2.75, 3.05) is 10.8 Å². The minimum absolute atomic E-state index is 0.00335. The van der Waals surface area contributed by atoms with Crippen molar-refractivity contribution in [1.82, 2.24) is 10.2 Å². The van der Waals surface area contributed by atoms with Crippen LogP contribution in [0.25, 0.3) is 0 Å². The first kappa shape index (κ1) is 34.3. The van der Waals surface area contributed by atoms with Gasteiger partial charge in [0.2, 0.25) is 11.8 Å². The van der Waals surface area contributed by atoms with Crippen LogP contribution in [0.15, 0.2) is 108 Å². The van der Waals surface area contributed by atoms with Gasteiger partial charge in [-0.15, -0.1) is 0 Å². The first-order valence-electron chi connectivity index (χ1n) is 14.2. The molecule has 0 spiro atoms. The maximum atomic E-state index is 14.5. The van der Waals surface area contributed by atoms with Crippen molar-refractivity contribution in [1.29, 1.82) is 0 Å². The molecule has 0 aliphatic heterocycles. The normalized spacial score (nSPS) is 12.3. The number of nitrogens with zero attached hydrogens (tertiary/aromatic N) is 2. The van der Waals surface area contributed by atoms with Gasteiger partial charge in [0, 0.05) is 33.6 Å². The second kappa shape index (κ2) is 14.7. The maximum absolute atomic E-state index is 14.5. The first-order valence-corrected chi connectivity index (χ1v) is 16.7. The van der Waals surface area contributed by atoms with Gasteiger partial charge in [-0.1, -0.05) is 95.5 Å². The number of hydrogen-bond donors (Lipinski definition) is 1. The fraction of sp³-hybridized carbons (Fsp3) is 0.235. The molecule has 0 aliphatic carbocycles. The second-order valence-corrected chi connectivity index (χ2v) is 14.6. The molecular weight excluding hydrogens is 653 g/mol. The molecule has 236 valence electrons. The lowest BCUT2D eigenvalue weighted by atomic mass is 10.0. The minimum Gasteiger partial charge on any atom is -0.350 e. The summed E-state index contributed by atoms with van der Waals surface area (Å²) in [5.41, 5.74) is 0.941. The van der Waals surface area contributed by atoms with Gasteiger partial charge in [-0.25, -0.2) is 8.42 Å². The Bertz CT molecular complexity index is 1750. The predicted molar refractivity (Wildman–Crippen MR) is 181 cm³/mol. The van der Waals surface area contributed by atoms with Crippen molar-refractivity contribution in [2.24, 2.45) is 0 Å². The topological polar surface area (TPSA) is 86.8 Å². The zero-order valence-electron chi connectivity index (χ0n) is 25.1. The third-order valence-electron chi connectivity index (χ3n) is 6.83. The highest BCUT2D eigenvalue weighted by Crippen LogP contribution is 2.28. The average molecular weight is 687 g/mol. The van der Waals surface area contributed by atoms with Crippen LogP contribution in [0.1, 0.15) is 31.9 Å². The van der Waals surface area contributed by atoms with E-state index in [1.54, 1.807) is 54.6 Å². The van der Waals surface area contributed by atoms with Crippen LogP contribution in [0.3, 0.4) is 0 Å². The predicted octanol–water partition coefficient (Wildman–Crippen LogP) is 7.40. The monoisotopic (exact) mass is 685 g/mol. The lowest BCUT2D eigenvalue weighted by molar-refractivity contribution is -0.140. The van der Waals surface area contributed by atoms with E-state index in [-0.39, 0.29) is 23.5 Å². The van der Waals surface area contributed by atoms with E-state index >= 15 is 0 Å². The molecule has 0 aromatic heterocycles. The van der Waals surface area contributed by atoms with Crippen molar-refractivity contribution in [2.45, 2.75) is 50.2 Å². The van der Waals surface area contributed by atoms with Gasteiger partial charge in [0.05, 0.1) is 10.6 Å². The highest BCUT2D eigenvalue weighted by molar-refractivity contribution is 7.92. The van der Waals surface area contributed by atoms with E-state index in [9.17, 15) is 18.0 Å². The fourth-order valence-corrected chi connectivity index (χ4v) is 6.80. The zero-order chi connectivity index (χ0) is 32.8. The molecule has 1 N–H and O–H groups in total. The molecule has 0 fully saturated rings. The molecule has 0 heterocycles. The number of anilines is 1. The second-order valence-electron chi connectivity index (χ2n) is 11.5. The number of sulfonamides is 1. The van der Waals surface area contributed by atoms with Crippen LogP contribution in [-0.4, -0.2) is 43.3 Å². The Morgan fingerprint density at radius 3 is 2.02 bits per heavy atom. The van der Waals surface area contributed by atoms with E-state index in [2.05, 4.69) is 5.32 Å². The Morgan fingerprint density at radius 2 is 1.42 bits per heavy atom. The van der Waals surface area contributed by atoms with E-state index in [0.717, 1.165) is 9.87 Å². The van der Waals surface area contributed by atoms with Crippen molar-refractivity contribution < 1.29 is 18.0 Å². The first-order chi connectivity index (χ1) is 21.2. The molecule has 0 aliphatic rings. The van der Waals surface area contributed by atoms with Crippen molar-refractivity contribution in [3.05, 3.63) is 129 Å². The summed E-state index contributed by atoms with van der Waals surface area (Å²) in [6, 6.07) is 27.2. The quantitative estimate of drug-likeness (QED) is 0.178. The van der Waals surface area contributed by atoms with Gasteiger partial charge in [-0.2, -0.15) is 0 Å². The van der Waals surface area contributed by atoms with Gasteiger partial charge in [-0.3, -0.25) is 13.9 Å². The SMILES string of the molecule is CC(C)(C)NC(=O)[C@H](Cc1ccccc1)N(Cc1ccc(Cl)cc1Cl)C(=O)CN(c1cccc(Cl)c1)S(=O)(=O)c1ccccc1. The summed E-state index contributed by atoms with van der Waals surface area (Å²) >= 11 is 19.0. The van der Waals surface area contributed by atoms with Crippen molar-refractivity contribution >= 4 is 62.3 Å². The van der Waals surface area contributed by atoms with Gasteiger partial charge in [0.1, 0.15) is 12.6 Å². The third-order valence-corrected chi connectivity index (χ3v) is 9.44. The van der Waals surface area contributed by atoms with E-state index in [1.807, 2.05) is 51.1 Å². The summed E-state index contributed by atoms with van der Waals surface area (Å²) in [5.74, 6) is -1.02. The highest BCUT2D eigenvalue weighted by Gasteiger charge is 2.36. The molecule has 7 nitrogen and oxygen atoms in total. The molecule has 11 heteroatoms. The molecule has 0 bridgehead atoms. The van der Waals surface area contributed by atoms with Crippen molar-refractivity contribution in [3.63, 3.8) is 0 Å². The molecule has 0 radical (unpaired) electrons. The molecule has 0 saturated heterocycles. The number of rotatable bonds is 11. The van der Waals surface area contributed by atoms with E-state index in [1.165, 1.54) is 23.1 Å². The summed E-state index contributed by atoms with van der Waals surface area (Å²) in [5, 5.41) is 4.01. The summed E-state index contributed by atoms with van der Waals surface area (Å²) in [6.45, 7) is 4.84. The van der Waals surface area contributed by atoms with Gasteiger partial charge < -0.3 is 10.2 Å². The van der Waals surface area contributed by atoms with Crippen LogP contribution < -0.4 is 9.62 Å². The number of benzene rings is 4. The molecule has 4 aromatic rings. The van der Waals surface area contributed by atoms with Gasteiger partial charge in [-0.05, 0) is 74.4 Å². The standard InChI is InChI=1S/C34H34Cl3N3O4S/c1-34(2,3)38-33(42)31(19-24-11-6-4-7-12-24)39(22-25-17-18-27(36)21-30(25)37)32(41)23-40(28-14-10-13-26(35)20-28)45(43,44)29-15-8-5-9-16-29/h4-18,20-21,31H,19,22-23H2,1-3H3,(H,38,42)/t31-/m0/s1. The fourth-order valence-electron chi connectivity index (χ4n) is 4.72. The largest absolute Gasteiger partial charge is 0.350 e. The molecule has 4 rings (SSSR count). The van der Waals surface area contributed by atoms with Crippen LogP contribution in [0.5, 0.6) is 0 Å². The molecular formula is C34H34Cl3N3O4S. The van der Waals surface area contributed by atoms with Crippen LogP contribution in [-0.2, 0) is 32.6 Å². The van der Waals surface area contributed by atoms with Gasteiger partial charge in [0.15, 0.2) is 0 Å². The molecule has 2 amide bonds. The molecule has 0 saturated carbocycles. The maximum Gasteiger partial charge on any atom is 0.264 e. The number of carbonyl (C=O) groups excluding carboxylic acids is 2. The van der Waals surface area contributed by atoms with E-state index in [0.29, 0.717) is 20.6 Å². The minimum atomic E-state index is -4.24. The number of nitrogens with one attached hydrogen (secondary N) is 1. The summed E-state index contributed by atoms with van der Waals surface area (Å²) < 4.78 is 29.1. The highest BCUT2D eigenvalue weighted by atomic mass is 35.5. The Balaban J connectivity index is 1.84. The molecule has 1 atom stereocenters. The van der Waals surface area contributed by atoms with Crippen LogP contribution in [0, 0.1) is 0 Å². The summed E-state index contributed by atoms with van der Waals surface area (Å²) in [4.78, 5) is 29.8. The Kier molecular flexibility index (Phi) is 11.2. The average Bonchev–Trinajstić information content (AvgIpc) is 2.98. The summed E-state index contributed by atoms with van der Waals surface area (Å²) in [7, 11) is -4.24. The molecule has 4 aromatic carbocycles. The third kappa shape index (κ3) is 9.23. The van der Waals surface area contributed by atoms with Gasteiger partial charge >= 0.3 is 0 Å². The lowest BCUT2D eigenvalue weighted by Crippen LogP contribution is -2.56. The van der Waals surface area contributed by atoms with Crippen LogP contribution in [0.2, 0.25) is 15.1 Å². The van der Waals surface area contributed by atoms with Crippen molar-refractivity contribution in [3.8, 4) is 0 Å².